The minimum absolute atomic E-state index is 0.184. The number of hydrogen-bond acceptors (Lipinski definition) is 5. The molecule has 0 bridgehead atoms. The van der Waals surface area contributed by atoms with E-state index < -0.39 is 0 Å². The van der Waals surface area contributed by atoms with Crippen molar-refractivity contribution >= 4 is 17.8 Å². The van der Waals surface area contributed by atoms with Crippen LogP contribution >= 0.6 is 0 Å². The molecule has 7 nitrogen and oxygen atoms in total. The number of hydrogen-bond donors (Lipinski definition) is 0. The SMILES string of the molecule is Cc1cc(/C=C(/C#N)C(=O)N2CCN(c3ccccn3)CC2)c(C)n1CC1CCCO1. The maximum atomic E-state index is 13.0. The normalized spacial score (nSPS) is 19.5. The van der Waals surface area contributed by atoms with E-state index in [4.69, 9.17) is 4.74 Å². The predicted octanol–water partition coefficient (Wildman–Crippen LogP) is 2.93. The van der Waals surface area contributed by atoms with Gasteiger partial charge in [-0.05, 0) is 56.5 Å². The van der Waals surface area contributed by atoms with Crippen molar-refractivity contribution in [3.63, 3.8) is 0 Å². The monoisotopic (exact) mass is 419 g/mol. The molecule has 0 spiro atoms. The molecular weight excluding hydrogens is 390 g/mol. The molecule has 2 aliphatic rings. The summed E-state index contributed by atoms with van der Waals surface area (Å²) in [5.74, 6) is 0.719. The molecule has 162 valence electrons. The molecule has 0 radical (unpaired) electrons. The second kappa shape index (κ2) is 9.36. The summed E-state index contributed by atoms with van der Waals surface area (Å²) in [7, 11) is 0. The summed E-state index contributed by atoms with van der Waals surface area (Å²) >= 11 is 0. The minimum atomic E-state index is -0.202. The largest absolute Gasteiger partial charge is 0.376 e. The molecule has 0 N–H and O–H groups in total. The van der Waals surface area contributed by atoms with Gasteiger partial charge in [-0.25, -0.2) is 4.98 Å². The summed E-state index contributed by atoms with van der Waals surface area (Å²) in [4.78, 5) is 21.3. The Morgan fingerprint density at radius 3 is 2.74 bits per heavy atom. The van der Waals surface area contributed by atoms with E-state index >= 15 is 0 Å². The van der Waals surface area contributed by atoms with Crippen LogP contribution in [0.15, 0.2) is 36.0 Å². The topological polar surface area (TPSA) is 74.4 Å². The Bertz CT molecular complexity index is 991. The number of anilines is 1. The standard InChI is InChI=1S/C24H29N5O2/c1-18-14-20(19(2)29(18)17-22-6-5-13-31-22)15-21(16-25)24(30)28-11-9-27(10-12-28)23-7-3-4-8-26-23/h3-4,7-8,14-15,22H,5-6,9-13,17H2,1-2H3/b21-15-. The average Bonchev–Trinajstić information content (AvgIpc) is 3.41. The van der Waals surface area contributed by atoms with Crippen molar-refractivity contribution in [1.82, 2.24) is 14.5 Å². The lowest BCUT2D eigenvalue weighted by molar-refractivity contribution is -0.126. The second-order valence-corrected chi connectivity index (χ2v) is 8.21. The summed E-state index contributed by atoms with van der Waals surface area (Å²) in [5, 5.41) is 9.70. The molecule has 2 aromatic rings. The Morgan fingerprint density at radius 2 is 2.10 bits per heavy atom. The molecule has 1 amide bonds. The summed E-state index contributed by atoms with van der Waals surface area (Å²) in [5.41, 5.74) is 3.29. The van der Waals surface area contributed by atoms with Crippen molar-refractivity contribution in [1.29, 1.82) is 5.26 Å². The molecule has 2 aromatic heterocycles. The van der Waals surface area contributed by atoms with Crippen molar-refractivity contribution in [3.05, 3.63) is 53.0 Å². The molecule has 4 rings (SSSR count). The number of pyridine rings is 1. The van der Waals surface area contributed by atoms with Gasteiger partial charge >= 0.3 is 0 Å². The first-order valence-electron chi connectivity index (χ1n) is 10.9. The quantitative estimate of drug-likeness (QED) is 0.550. The summed E-state index contributed by atoms with van der Waals surface area (Å²) in [6, 6.07) is 10.0. The van der Waals surface area contributed by atoms with Crippen molar-refractivity contribution in [3.8, 4) is 6.07 Å². The van der Waals surface area contributed by atoms with Gasteiger partial charge in [0.15, 0.2) is 0 Å². The van der Waals surface area contributed by atoms with Crippen molar-refractivity contribution in [2.75, 3.05) is 37.7 Å². The first-order chi connectivity index (χ1) is 15.1. The first kappa shape index (κ1) is 21.1. The number of rotatable bonds is 5. The zero-order chi connectivity index (χ0) is 21.8. The van der Waals surface area contributed by atoms with Crippen LogP contribution in [0.2, 0.25) is 0 Å². The van der Waals surface area contributed by atoms with E-state index in [0.29, 0.717) is 26.2 Å². The fourth-order valence-corrected chi connectivity index (χ4v) is 4.39. The Balaban J connectivity index is 1.45. The zero-order valence-electron chi connectivity index (χ0n) is 18.3. The van der Waals surface area contributed by atoms with Crippen LogP contribution < -0.4 is 4.90 Å². The minimum Gasteiger partial charge on any atom is -0.376 e. The molecule has 2 aliphatic heterocycles. The number of aryl methyl sites for hydroxylation is 1. The average molecular weight is 420 g/mol. The summed E-state index contributed by atoms with van der Waals surface area (Å²) < 4.78 is 8.01. The van der Waals surface area contributed by atoms with Crippen LogP contribution in [0.5, 0.6) is 0 Å². The molecule has 1 atom stereocenters. The molecule has 7 heteroatoms. The number of carbonyl (C=O) groups excluding carboxylic acids is 1. The van der Waals surface area contributed by atoms with Crippen molar-refractivity contribution in [2.24, 2.45) is 0 Å². The lowest BCUT2D eigenvalue weighted by Gasteiger charge is -2.35. The van der Waals surface area contributed by atoms with Gasteiger partial charge in [0.2, 0.25) is 0 Å². The smallest absolute Gasteiger partial charge is 0.264 e. The van der Waals surface area contributed by atoms with E-state index in [1.54, 1.807) is 17.2 Å². The zero-order valence-corrected chi connectivity index (χ0v) is 18.3. The Hall–Kier alpha value is -3.11. The molecule has 4 heterocycles. The van der Waals surface area contributed by atoms with E-state index in [9.17, 15) is 10.1 Å². The number of amides is 1. The Kier molecular flexibility index (Phi) is 6.38. The van der Waals surface area contributed by atoms with Gasteiger partial charge in [-0.2, -0.15) is 5.26 Å². The highest BCUT2D eigenvalue weighted by atomic mass is 16.5. The third-order valence-corrected chi connectivity index (χ3v) is 6.21. The van der Waals surface area contributed by atoms with Crippen LogP contribution in [0.3, 0.4) is 0 Å². The molecule has 0 aromatic carbocycles. The van der Waals surface area contributed by atoms with Gasteiger partial charge in [-0.1, -0.05) is 6.07 Å². The number of piperazine rings is 1. The molecule has 0 saturated carbocycles. The lowest BCUT2D eigenvalue weighted by Crippen LogP contribution is -2.49. The molecule has 2 fully saturated rings. The molecule has 0 aliphatic carbocycles. The van der Waals surface area contributed by atoms with Crippen LogP contribution in [0.4, 0.5) is 5.82 Å². The highest BCUT2D eigenvalue weighted by molar-refractivity contribution is 6.02. The van der Waals surface area contributed by atoms with Gasteiger partial charge in [-0.15, -0.1) is 0 Å². The summed E-state index contributed by atoms with van der Waals surface area (Å²) in [6.07, 6.45) is 5.95. The van der Waals surface area contributed by atoms with Crippen LogP contribution in [0.1, 0.15) is 29.8 Å². The van der Waals surface area contributed by atoms with E-state index in [2.05, 4.69) is 27.4 Å². The third kappa shape index (κ3) is 4.64. The molecule has 2 saturated heterocycles. The second-order valence-electron chi connectivity index (χ2n) is 8.21. The van der Waals surface area contributed by atoms with Crippen LogP contribution in [-0.4, -0.2) is 59.2 Å². The van der Waals surface area contributed by atoms with Crippen molar-refractivity contribution in [2.45, 2.75) is 39.3 Å². The van der Waals surface area contributed by atoms with Gasteiger partial charge in [-0.3, -0.25) is 4.79 Å². The van der Waals surface area contributed by atoms with Crippen molar-refractivity contribution < 1.29 is 9.53 Å². The maximum absolute atomic E-state index is 13.0. The van der Waals surface area contributed by atoms with E-state index in [1.165, 1.54) is 0 Å². The van der Waals surface area contributed by atoms with E-state index in [-0.39, 0.29) is 17.6 Å². The van der Waals surface area contributed by atoms with Gasteiger partial charge in [0, 0.05) is 56.9 Å². The fraction of sp³-hybridized carbons (Fsp3) is 0.458. The number of aromatic nitrogens is 2. The van der Waals surface area contributed by atoms with Gasteiger partial charge in [0.05, 0.1) is 6.10 Å². The molecular formula is C24H29N5O2. The lowest BCUT2D eigenvalue weighted by atomic mass is 10.1. The van der Waals surface area contributed by atoms with E-state index in [0.717, 1.165) is 48.8 Å². The molecule has 31 heavy (non-hydrogen) atoms. The Labute approximate surface area is 183 Å². The first-order valence-corrected chi connectivity index (χ1v) is 10.9. The van der Waals surface area contributed by atoms with Crippen LogP contribution in [0.25, 0.3) is 6.08 Å². The maximum Gasteiger partial charge on any atom is 0.264 e. The van der Waals surface area contributed by atoms with Crippen LogP contribution in [-0.2, 0) is 16.1 Å². The number of carbonyl (C=O) groups is 1. The van der Waals surface area contributed by atoms with Gasteiger partial charge < -0.3 is 19.1 Å². The number of nitrogens with zero attached hydrogens (tertiary/aromatic N) is 5. The van der Waals surface area contributed by atoms with Gasteiger partial charge in [0.25, 0.3) is 5.91 Å². The van der Waals surface area contributed by atoms with Crippen LogP contribution in [0, 0.1) is 25.2 Å². The Morgan fingerprint density at radius 1 is 1.29 bits per heavy atom. The predicted molar refractivity (Wildman–Crippen MR) is 120 cm³/mol. The summed E-state index contributed by atoms with van der Waals surface area (Å²) in [6.45, 7) is 8.31. The number of nitriles is 1. The van der Waals surface area contributed by atoms with Gasteiger partial charge in [0.1, 0.15) is 17.5 Å². The highest BCUT2D eigenvalue weighted by Crippen LogP contribution is 2.23. The van der Waals surface area contributed by atoms with E-state index in [1.807, 2.05) is 31.2 Å². The highest BCUT2D eigenvalue weighted by Gasteiger charge is 2.25. The molecule has 1 unspecified atom stereocenters. The third-order valence-electron chi connectivity index (χ3n) is 6.21. The fourth-order valence-electron chi connectivity index (χ4n) is 4.39. The number of ether oxygens (including phenoxy) is 1.